The highest BCUT2D eigenvalue weighted by atomic mass is 35.5. The van der Waals surface area contributed by atoms with E-state index in [0.29, 0.717) is 34.8 Å². The Kier molecular flexibility index (Phi) is 9.25. The number of aryl methyl sites for hydroxylation is 2. The summed E-state index contributed by atoms with van der Waals surface area (Å²) in [7, 11) is 3.31. The van der Waals surface area contributed by atoms with Crippen LogP contribution in [0.15, 0.2) is 48.5 Å². The third-order valence-electron chi connectivity index (χ3n) is 11.1. The first-order valence-corrected chi connectivity index (χ1v) is 18.5. The molecule has 0 unspecified atom stereocenters. The van der Waals surface area contributed by atoms with Crippen LogP contribution in [0.2, 0.25) is 10.0 Å². The summed E-state index contributed by atoms with van der Waals surface area (Å²) in [5.41, 5.74) is 9.25. The zero-order valence-corrected chi connectivity index (χ0v) is 30.5. The van der Waals surface area contributed by atoms with Crippen molar-refractivity contribution in [1.29, 1.82) is 0 Å². The SMILES string of the molecule is COc1nc(-c2cccc(-c3cccc(-c4cc5c(c(OC)n4)[C@@H](N4CC(C(C)=O)C4)CC5)c3Cl)c2Cl)cc2c1[C@H](NC[C@@H]1CCC(=O)N1)CC2. The van der Waals surface area contributed by atoms with Crippen LogP contribution >= 0.6 is 23.2 Å². The van der Waals surface area contributed by atoms with Gasteiger partial charge in [-0.1, -0.05) is 59.6 Å². The number of halogens is 2. The van der Waals surface area contributed by atoms with Crippen molar-refractivity contribution in [3.05, 3.63) is 80.8 Å². The van der Waals surface area contributed by atoms with Gasteiger partial charge in [0.1, 0.15) is 5.78 Å². The molecule has 2 fully saturated rings. The summed E-state index contributed by atoms with van der Waals surface area (Å²) in [6.45, 7) is 3.96. The number of pyridine rings is 2. The molecule has 4 aromatic rings. The number of carbonyl (C=O) groups excluding carboxylic acids is 2. The van der Waals surface area contributed by atoms with Gasteiger partial charge in [-0.25, -0.2) is 9.97 Å². The average molecular weight is 727 g/mol. The number of aromatic nitrogens is 2. The maximum atomic E-state index is 11.9. The van der Waals surface area contributed by atoms with Crippen molar-refractivity contribution >= 4 is 34.9 Å². The molecule has 8 rings (SSSR count). The zero-order chi connectivity index (χ0) is 35.4. The topological polar surface area (TPSA) is 106 Å². The van der Waals surface area contributed by atoms with Gasteiger partial charge in [-0.05, 0) is 62.3 Å². The van der Waals surface area contributed by atoms with E-state index in [1.165, 1.54) is 11.1 Å². The second kappa shape index (κ2) is 13.8. The number of hydrogen-bond acceptors (Lipinski definition) is 8. The fraction of sp³-hybridized carbons (Fsp3) is 0.400. The van der Waals surface area contributed by atoms with Crippen LogP contribution in [0.3, 0.4) is 0 Å². The molecule has 9 nitrogen and oxygen atoms in total. The van der Waals surface area contributed by atoms with E-state index in [1.54, 1.807) is 21.1 Å². The molecular weight excluding hydrogens is 685 g/mol. The normalized spacial score (nSPS) is 21.3. The number of likely N-dealkylation sites (tertiary alicyclic amines) is 1. The number of methoxy groups -OCH3 is 2. The van der Waals surface area contributed by atoms with Crippen molar-refractivity contribution in [3.63, 3.8) is 0 Å². The van der Waals surface area contributed by atoms with E-state index in [1.807, 2.05) is 36.4 Å². The van der Waals surface area contributed by atoms with Crippen LogP contribution in [0, 0.1) is 5.92 Å². The summed E-state index contributed by atoms with van der Waals surface area (Å²) in [4.78, 5) is 35.8. The molecule has 2 saturated heterocycles. The summed E-state index contributed by atoms with van der Waals surface area (Å²) >= 11 is 14.5. The van der Waals surface area contributed by atoms with Gasteiger partial charge in [0.15, 0.2) is 0 Å². The highest BCUT2D eigenvalue weighted by Gasteiger charge is 2.40. The lowest BCUT2D eigenvalue weighted by Gasteiger charge is -2.42. The van der Waals surface area contributed by atoms with E-state index in [-0.39, 0.29) is 35.7 Å². The van der Waals surface area contributed by atoms with Crippen molar-refractivity contribution < 1.29 is 19.1 Å². The highest BCUT2D eigenvalue weighted by Crippen LogP contribution is 2.47. The highest BCUT2D eigenvalue weighted by molar-refractivity contribution is 6.39. The minimum Gasteiger partial charge on any atom is -0.481 e. The quantitative estimate of drug-likeness (QED) is 0.177. The fourth-order valence-corrected chi connectivity index (χ4v) is 9.01. The standard InChI is InChI=1S/C40H41Cl2N5O4/c1-21(48)24-19-47(20-24)33-14-11-23-17-32(46-40(51-3)36(23)33)29-9-5-7-27(38(29)42)26-6-4-8-28(37(26)41)31-16-22-10-13-30(35(22)39(45-31)50-2)43-18-25-12-15-34(49)44-25/h4-9,16-17,24-25,30,33,43H,10-15,18-20H2,1-3H3,(H,44,49)/t25-,30+,33-/m0/s1. The van der Waals surface area contributed by atoms with Gasteiger partial charge in [-0.2, -0.15) is 0 Å². The number of Topliss-reactive ketones (excluding diaryl/α,β-unsaturated/α-hetero) is 1. The summed E-state index contributed by atoms with van der Waals surface area (Å²) in [6.07, 6.45) is 5.12. The zero-order valence-electron chi connectivity index (χ0n) is 29.0. The van der Waals surface area contributed by atoms with E-state index in [0.717, 1.165) is 90.0 Å². The number of ketones is 1. The maximum Gasteiger partial charge on any atom is 0.220 e. The summed E-state index contributed by atoms with van der Waals surface area (Å²) in [6, 6.07) is 16.6. The Bertz CT molecular complexity index is 2050. The average Bonchev–Trinajstić information content (AvgIpc) is 3.84. The van der Waals surface area contributed by atoms with Crippen molar-refractivity contribution in [1.82, 2.24) is 25.5 Å². The lowest BCUT2D eigenvalue weighted by Crippen LogP contribution is -2.50. The first kappa shape index (κ1) is 34.1. The molecule has 51 heavy (non-hydrogen) atoms. The predicted octanol–water partition coefficient (Wildman–Crippen LogP) is 7.17. The van der Waals surface area contributed by atoms with Crippen molar-refractivity contribution in [2.24, 2.45) is 5.92 Å². The molecule has 2 aliphatic heterocycles. The first-order chi connectivity index (χ1) is 24.7. The minimum atomic E-state index is 0.101. The van der Waals surface area contributed by atoms with Gasteiger partial charge in [-0.3, -0.25) is 14.5 Å². The van der Waals surface area contributed by atoms with Gasteiger partial charge >= 0.3 is 0 Å². The van der Waals surface area contributed by atoms with E-state index >= 15 is 0 Å². The molecule has 3 atom stereocenters. The molecule has 4 aliphatic rings. The van der Waals surface area contributed by atoms with E-state index < -0.39 is 0 Å². The molecule has 2 aromatic carbocycles. The Morgan fingerprint density at radius 3 is 1.98 bits per heavy atom. The Labute approximate surface area is 308 Å². The van der Waals surface area contributed by atoms with Crippen LogP contribution in [-0.2, 0) is 22.4 Å². The first-order valence-electron chi connectivity index (χ1n) is 17.7. The third kappa shape index (κ3) is 6.18. The van der Waals surface area contributed by atoms with Crippen LogP contribution in [0.25, 0.3) is 33.6 Å². The largest absolute Gasteiger partial charge is 0.481 e. The van der Waals surface area contributed by atoms with Crippen LogP contribution in [-0.4, -0.2) is 66.5 Å². The van der Waals surface area contributed by atoms with Crippen molar-refractivity contribution in [3.8, 4) is 45.4 Å². The van der Waals surface area contributed by atoms with Gasteiger partial charge in [0.25, 0.3) is 0 Å². The third-order valence-corrected chi connectivity index (χ3v) is 12.0. The van der Waals surface area contributed by atoms with E-state index in [4.69, 9.17) is 42.6 Å². The molecule has 0 saturated carbocycles. The second-order valence-electron chi connectivity index (χ2n) is 14.1. The predicted molar refractivity (Wildman–Crippen MR) is 198 cm³/mol. The number of ether oxygens (including phenoxy) is 2. The lowest BCUT2D eigenvalue weighted by atomic mass is 9.92. The van der Waals surface area contributed by atoms with Gasteiger partial charge in [0, 0.05) is 83.5 Å². The number of nitrogens with zero attached hydrogens (tertiary/aromatic N) is 3. The molecule has 264 valence electrons. The summed E-state index contributed by atoms with van der Waals surface area (Å²) in [5, 5.41) is 7.78. The van der Waals surface area contributed by atoms with Crippen LogP contribution in [0.1, 0.15) is 66.9 Å². The minimum absolute atomic E-state index is 0.101. The van der Waals surface area contributed by atoms with Crippen LogP contribution in [0.5, 0.6) is 11.8 Å². The lowest BCUT2D eigenvalue weighted by molar-refractivity contribution is -0.127. The molecule has 0 bridgehead atoms. The number of nitrogens with one attached hydrogen (secondary N) is 2. The van der Waals surface area contributed by atoms with E-state index in [2.05, 4.69) is 27.7 Å². The summed E-state index contributed by atoms with van der Waals surface area (Å²) < 4.78 is 11.7. The Morgan fingerprint density at radius 1 is 0.843 bits per heavy atom. The van der Waals surface area contributed by atoms with Gasteiger partial charge < -0.3 is 20.1 Å². The fourth-order valence-electron chi connectivity index (χ4n) is 8.36. The number of carbonyl (C=O) groups is 2. The molecule has 11 heteroatoms. The molecule has 4 heterocycles. The number of fused-ring (bicyclic) bond motifs is 2. The molecule has 2 aliphatic carbocycles. The number of rotatable bonds is 10. The molecule has 0 radical (unpaired) electrons. The molecular formula is C40H41Cl2N5O4. The number of amides is 1. The maximum absolute atomic E-state index is 11.9. The number of benzene rings is 2. The Hall–Kier alpha value is -4.02. The molecule has 2 aromatic heterocycles. The smallest absolute Gasteiger partial charge is 0.220 e. The van der Waals surface area contributed by atoms with Crippen LogP contribution in [0.4, 0.5) is 0 Å². The Morgan fingerprint density at radius 2 is 1.41 bits per heavy atom. The van der Waals surface area contributed by atoms with Crippen molar-refractivity contribution in [2.45, 2.75) is 63.6 Å². The second-order valence-corrected chi connectivity index (χ2v) is 14.9. The van der Waals surface area contributed by atoms with Gasteiger partial charge in [-0.15, -0.1) is 0 Å². The van der Waals surface area contributed by atoms with Gasteiger partial charge in [0.2, 0.25) is 17.7 Å². The van der Waals surface area contributed by atoms with Crippen molar-refractivity contribution in [2.75, 3.05) is 33.9 Å². The Balaban J connectivity index is 1.09. The molecule has 0 spiro atoms. The van der Waals surface area contributed by atoms with E-state index in [9.17, 15) is 9.59 Å². The molecule has 1 amide bonds. The molecule has 2 N–H and O–H groups in total. The monoisotopic (exact) mass is 725 g/mol. The van der Waals surface area contributed by atoms with Gasteiger partial charge in [0.05, 0.1) is 35.7 Å². The number of hydrogen-bond donors (Lipinski definition) is 2. The summed E-state index contributed by atoms with van der Waals surface area (Å²) in [5.74, 6) is 1.68. The van der Waals surface area contributed by atoms with Crippen LogP contribution < -0.4 is 20.1 Å².